The van der Waals surface area contributed by atoms with Gasteiger partial charge in [0.15, 0.2) is 6.20 Å². The molecule has 3 aromatic carbocycles. The van der Waals surface area contributed by atoms with E-state index < -0.39 is 0 Å². The fourth-order valence-corrected chi connectivity index (χ4v) is 7.53. The van der Waals surface area contributed by atoms with Gasteiger partial charge in [0.25, 0.3) is 0 Å². The molecule has 2 fully saturated rings. The monoisotopic (exact) mass is 419 g/mol. The van der Waals surface area contributed by atoms with Crippen LogP contribution in [0.2, 0.25) is 0 Å². The number of fused-ring (bicyclic) bond motifs is 5. The first kappa shape index (κ1) is 18.7. The number of aryl methyl sites for hydroxylation is 3. The second-order valence-electron chi connectivity index (χ2n) is 10.6. The highest BCUT2D eigenvalue weighted by Crippen LogP contribution is 2.55. The highest BCUT2D eigenvalue weighted by atomic mass is 15.1. The largest absolute Gasteiger partial charge is 0.343 e. The Morgan fingerprint density at radius 3 is 2.44 bits per heavy atom. The van der Waals surface area contributed by atoms with E-state index >= 15 is 0 Å². The lowest BCUT2D eigenvalue weighted by atomic mass is 9.81. The van der Waals surface area contributed by atoms with Crippen molar-refractivity contribution in [2.75, 3.05) is 11.9 Å². The number of hydrogen-bond donors (Lipinski definition) is 0. The lowest BCUT2D eigenvalue weighted by Crippen LogP contribution is -2.33. The summed E-state index contributed by atoms with van der Waals surface area (Å²) in [6.45, 7) is 4.62. The minimum absolute atomic E-state index is 0.751. The van der Waals surface area contributed by atoms with Gasteiger partial charge in [-0.3, -0.25) is 0 Å². The first-order valence-electron chi connectivity index (χ1n) is 12.2. The molecule has 3 unspecified atom stereocenters. The summed E-state index contributed by atoms with van der Waals surface area (Å²) in [7, 11) is 4.50. The minimum Gasteiger partial charge on any atom is -0.343 e. The summed E-state index contributed by atoms with van der Waals surface area (Å²) >= 11 is 0. The van der Waals surface area contributed by atoms with Gasteiger partial charge in [0.1, 0.15) is 7.05 Å². The Balaban J connectivity index is 1.57. The maximum absolute atomic E-state index is 2.55. The molecule has 160 valence electrons. The molecule has 0 saturated heterocycles. The maximum Gasteiger partial charge on any atom is 0.224 e. The molecule has 2 bridgehead atoms. The Morgan fingerprint density at radius 1 is 0.938 bits per heavy atom. The van der Waals surface area contributed by atoms with Crippen molar-refractivity contribution in [3.63, 3.8) is 0 Å². The number of benzene rings is 3. The van der Waals surface area contributed by atoms with Crippen LogP contribution in [0.1, 0.15) is 48.3 Å². The summed E-state index contributed by atoms with van der Waals surface area (Å²) in [6, 6.07) is 16.3. The van der Waals surface area contributed by atoms with Crippen LogP contribution in [0.3, 0.4) is 0 Å². The van der Waals surface area contributed by atoms with Crippen LogP contribution < -0.4 is 9.47 Å². The summed E-state index contributed by atoms with van der Waals surface area (Å²) in [6.07, 6.45) is 8.01. The molecular weight excluding hydrogens is 388 g/mol. The van der Waals surface area contributed by atoms with Gasteiger partial charge in [-0.05, 0) is 89.8 Å². The zero-order chi connectivity index (χ0) is 21.7. The number of anilines is 2. The van der Waals surface area contributed by atoms with E-state index in [2.05, 4.69) is 86.1 Å². The fraction of sp³-hybridized carbons (Fsp3) is 0.367. The van der Waals surface area contributed by atoms with Gasteiger partial charge in [0.2, 0.25) is 5.69 Å². The van der Waals surface area contributed by atoms with Gasteiger partial charge in [-0.15, -0.1) is 0 Å². The van der Waals surface area contributed by atoms with E-state index in [4.69, 9.17) is 0 Å². The van der Waals surface area contributed by atoms with Gasteiger partial charge >= 0.3 is 0 Å². The molecule has 2 saturated carbocycles. The predicted octanol–water partition coefficient (Wildman–Crippen LogP) is 7.09. The smallest absolute Gasteiger partial charge is 0.224 e. The van der Waals surface area contributed by atoms with Gasteiger partial charge in [0.05, 0.1) is 22.3 Å². The van der Waals surface area contributed by atoms with Gasteiger partial charge in [0, 0.05) is 13.1 Å². The molecule has 3 aliphatic rings. The van der Waals surface area contributed by atoms with Crippen molar-refractivity contribution in [1.82, 2.24) is 0 Å². The van der Waals surface area contributed by atoms with Crippen molar-refractivity contribution in [3.05, 3.63) is 65.4 Å². The van der Waals surface area contributed by atoms with Crippen LogP contribution in [0.5, 0.6) is 0 Å². The molecule has 0 amide bonds. The molecule has 2 heterocycles. The fourth-order valence-electron chi connectivity index (χ4n) is 7.53. The van der Waals surface area contributed by atoms with Crippen LogP contribution >= 0.6 is 0 Å². The molecule has 3 atom stereocenters. The van der Waals surface area contributed by atoms with Crippen molar-refractivity contribution >= 4 is 32.9 Å². The Bertz CT molecular complexity index is 1450. The number of rotatable bonds is 1. The summed E-state index contributed by atoms with van der Waals surface area (Å²) in [5.74, 6) is 2.62. The van der Waals surface area contributed by atoms with E-state index in [1.54, 1.807) is 5.56 Å². The van der Waals surface area contributed by atoms with Crippen LogP contribution in [-0.2, 0) is 7.05 Å². The summed E-state index contributed by atoms with van der Waals surface area (Å²) in [4.78, 5) is 2.50. The Kier molecular flexibility index (Phi) is 3.70. The van der Waals surface area contributed by atoms with Crippen molar-refractivity contribution in [2.24, 2.45) is 18.9 Å². The first-order chi connectivity index (χ1) is 15.5. The van der Waals surface area contributed by atoms with E-state index in [1.165, 1.54) is 81.0 Å². The average molecular weight is 420 g/mol. The van der Waals surface area contributed by atoms with Crippen molar-refractivity contribution in [1.29, 1.82) is 0 Å². The number of pyridine rings is 1. The van der Waals surface area contributed by atoms with E-state index in [0.29, 0.717) is 0 Å². The van der Waals surface area contributed by atoms with E-state index in [-0.39, 0.29) is 0 Å². The molecular formula is C30H31N2+. The van der Waals surface area contributed by atoms with Crippen molar-refractivity contribution in [2.45, 2.75) is 45.4 Å². The van der Waals surface area contributed by atoms with E-state index in [1.807, 2.05) is 0 Å². The van der Waals surface area contributed by atoms with Crippen molar-refractivity contribution < 1.29 is 4.57 Å². The van der Waals surface area contributed by atoms with Gasteiger partial charge in [-0.1, -0.05) is 36.8 Å². The predicted molar refractivity (Wildman–Crippen MR) is 134 cm³/mol. The van der Waals surface area contributed by atoms with Crippen LogP contribution in [0.4, 0.5) is 11.4 Å². The first-order valence-corrected chi connectivity index (χ1v) is 12.2. The number of nitrogens with zero attached hydrogens (tertiary/aromatic N) is 2. The third-order valence-corrected chi connectivity index (χ3v) is 9.04. The molecule has 2 nitrogen and oxygen atoms in total. The molecule has 0 radical (unpaired) electrons. The van der Waals surface area contributed by atoms with Crippen LogP contribution in [-0.4, -0.2) is 7.05 Å². The summed E-state index contributed by atoms with van der Waals surface area (Å²) in [5, 5.41) is 5.56. The lowest BCUT2D eigenvalue weighted by molar-refractivity contribution is -0.659. The van der Waals surface area contributed by atoms with Gasteiger partial charge < -0.3 is 4.90 Å². The average Bonchev–Trinajstić information content (AvgIpc) is 3.44. The molecule has 1 aliphatic heterocycles. The van der Waals surface area contributed by atoms with Gasteiger partial charge in [-0.2, -0.15) is 0 Å². The molecule has 0 spiro atoms. The minimum atomic E-state index is 0.751. The summed E-state index contributed by atoms with van der Waals surface area (Å²) < 4.78 is 2.34. The highest BCUT2D eigenvalue weighted by molar-refractivity contribution is 6.14. The van der Waals surface area contributed by atoms with E-state index in [0.717, 1.165) is 17.8 Å². The zero-order valence-electron chi connectivity index (χ0n) is 19.6. The third kappa shape index (κ3) is 2.28. The molecule has 0 N–H and O–H groups in total. The maximum atomic E-state index is 2.55. The third-order valence-electron chi connectivity index (χ3n) is 9.04. The quantitative estimate of drug-likeness (QED) is 0.299. The Hall–Kier alpha value is -2.87. The molecule has 32 heavy (non-hydrogen) atoms. The zero-order valence-corrected chi connectivity index (χ0v) is 19.6. The van der Waals surface area contributed by atoms with Crippen LogP contribution in [0, 0.1) is 25.7 Å². The number of aromatic nitrogens is 1. The topological polar surface area (TPSA) is 7.12 Å². The second kappa shape index (κ2) is 6.34. The molecule has 1 aromatic heterocycles. The van der Waals surface area contributed by atoms with Gasteiger partial charge in [-0.25, -0.2) is 4.57 Å². The Morgan fingerprint density at radius 2 is 1.72 bits per heavy atom. The van der Waals surface area contributed by atoms with E-state index in [9.17, 15) is 0 Å². The molecule has 2 aliphatic carbocycles. The van der Waals surface area contributed by atoms with Crippen LogP contribution in [0.15, 0.2) is 48.7 Å². The molecule has 7 rings (SSSR count). The standard InChI is InChI=1S/C30H31N2/c1-17-23-7-5-6-8-24(23)18(2)29-27(17)30-28-21(11-12-31(30)3)15-22(16-26(28)32(29)4)25-14-19-9-10-20(25)13-19/h5-8,11-12,15-16,19-20,25H,9-10,13-14H2,1-4H3/q+1. The summed E-state index contributed by atoms with van der Waals surface area (Å²) in [5.41, 5.74) is 9.88. The van der Waals surface area contributed by atoms with Crippen molar-refractivity contribution in [3.8, 4) is 11.3 Å². The number of hydrogen-bond acceptors (Lipinski definition) is 1. The molecule has 2 heteroatoms. The lowest BCUT2D eigenvalue weighted by Gasteiger charge is -2.33. The van der Waals surface area contributed by atoms with Crippen LogP contribution in [0.25, 0.3) is 32.8 Å². The highest BCUT2D eigenvalue weighted by Gasteiger charge is 2.41. The molecule has 4 aromatic rings. The SMILES string of the molecule is Cc1c2c(c(C)c3ccccc13)N(C)c1cc(C3CC4CCC3C4)cc3cc[n+](C)c-2c13. The Labute approximate surface area is 190 Å². The second-order valence-corrected chi connectivity index (χ2v) is 10.6. The normalized spacial score (nSPS) is 23.4.